The fraction of sp³-hybridized carbons (Fsp3) is 0.609. The summed E-state index contributed by atoms with van der Waals surface area (Å²) in [6.45, 7) is 2.40. The number of Topliss-reactive ketones (excluding diaryl/α,β-unsaturated/α-hetero) is 1. The van der Waals surface area contributed by atoms with Gasteiger partial charge in [0.05, 0.1) is 13.0 Å². The molecule has 1 N–H and O–H groups in total. The molecule has 1 saturated carbocycles. The highest BCUT2D eigenvalue weighted by molar-refractivity contribution is 6.38. The molecule has 1 unspecified atom stereocenters. The van der Waals surface area contributed by atoms with Crippen LogP contribution in [0.1, 0.15) is 50.0 Å². The molecule has 2 fully saturated rings. The summed E-state index contributed by atoms with van der Waals surface area (Å²) in [7, 11) is 1.60. The molecule has 30 heavy (non-hydrogen) atoms. The van der Waals surface area contributed by atoms with Gasteiger partial charge in [0.25, 0.3) is 5.91 Å². The van der Waals surface area contributed by atoms with Crippen molar-refractivity contribution in [2.24, 2.45) is 5.92 Å². The first-order valence-electron chi connectivity index (χ1n) is 11.1. The van der Waals surface area contributed by atoms with Crippen molar-refractivity contribution in [1.29, 1.82) is 0 Å². The third kappa shape index (κ3) is 4.30. The molecule has 1 aliphatic carbocycles. The maximum atomic E-state index is 13.3. The van der Waals surface area contributed by atoms with E-state index in [0.29, 0.717) is 24.8 Å². The van der Waals surface area contributed by atoms with Crippen molar-refractivity contribution in [3.8, 4) is 5.75 Å². The zero-order valence-corrected chi connectivity index (χ0v) is 17.7. The zero-order chi connectivity index (χ0) is 21.1. The Kier molecular flexibility index (Phi) is 6.25. The number of rotatable bonds is 7. The van der Waals surface area contributed by atoms with Gasteiger partial charge in [0.2, 0.25) is 11.7 Å². The highest BCUT2D eigenvalue weighted by Crippen LogP contribution is 2.35. The Hall–Kier alpha value is -2.57. The van der Waals surface area contributed by atoms with Crippen LogP contribution in [0, 0.1) is 5.92 Å². The van der Waals surface area contributed by atoms with Crippen LogP contribution in [0.2, 0.25) is 0 Å². The number of methoxy groups -OCH3 is 1. The predicted octanol–water partition coefficient (Wildman–Crippen LogP) is 2.41. The minimum atomic E-state index is -0.523. The number of benzene rings is 1. The van der Waals surface area contributed by atoms with Crippen LogP contribution in [0.25, 0.3) is 0 Å². The largest absolute Gasteiger partial charge is 0.497 e. The first-order chi connectivity index (χ1) is 14.6. The highest BCUT2D eigenvalue weighted by atomic mass is 16.5. The van der Waals surface area contributed by atoms with E-state index in [9.17, 15) is 14.4 Å². The zero-order valence-electron chi connectivity index (χ0n) is 17.7. The lowest BCUT2D eigenvalue weighted by atomic mass is 9.88. The number of fused-ring (bicyclic) bond motifs is 1. The van der Waals surface area contributed by atoms with Crippen molar-refractivity contribution in [3.05, 3.63) is 23.8 Å². The molecule has 0 spiro atoms. The smallest absolute Gasteiger partial charge is 0.291 e. The van der Waals surface area contributed by atoms with Gasteiger partial charge in [-0.2, -0.15) is 0 Å². The van der Waals surface area contributed by atoms with E-state index < -0.39 is 17.6 Å². The molecule has 1 atom stereocenters. The molecule has 1 saturated heterocycles. The molecule has 7 nitrogen and oxygen atoms in total. The topological polar surface area (TPSA) is 79.0 Å². The van der Waals surface area contributed by atoms with Crippen molar-refractivity contribution >= 4 is 23.3 Å². The molecule has 3 aliphatic rings. The number of nitrogens with zero attached hydrogens (tertiary/aromatic N) is 2. The summed E-state index contributed by atoms with van der Waals surface area (Å²) >= 11 is 0. The van der Waals surface area contributed by atoms with Gasteiger partial charge in [-0.3, -0.25) is 14.4 Å². The van der Waals surface area contributed by atoms with Crippen LogP contribution in [0.4, 0.5) is 5.69 Å². The van der Waals surface area contributed by atoms with E-state index in [1.807, 2.05) is 18.2 Å². The number of hydrogen-bond donors (Lipinski definition) is 1. The Bertz CT molecular complexity index is 815. The summed E-state index contributed by atoms with van der Waals surface area (Å²) in [6.07, 6.45) is 6.66. The molecule has 2 amide bonds. The van der Waals surface area contributed by atoms with Gasteiger partial charge in [-0.05, 0) is 36.8 Å². The Labute approximate surface area is 177 Å². The standard InChI is InChI=1S/C23H31N3O4/c1-30-17-8-9-18-19(13-24-20(18)12-17)22(28)23(29)26(14-16-6-3-2-4-7-16)15-21(27)25-10-5-11-25/h8-9,12,16,19,24H,2-7,10-11,13-15H2,1H3. The number of anilines is 1. The molecule has 2 heterocycles. The first kappa shape index (κ1) is 20.7. The molecule has 7 heteroatoms. The van der Waals surface area contributed by atoms with Crippen LogP contribution in [0.15, 0.2) is 18.2 Å². The van der Waals surface area contributed by atoms with Gasteiger partial charge < -0.3 is 19.9 Å². The summed E-state index contributed by atoms with van der Waals surface area (Å²) in [5.74, 6) is -0.444. The van der Waals surface area contributed by atoms with Crippen LogP contribution in [0.3, 0.4) is 0 Å². The van der Waals surface area contributed by atoms with Gasteiger partial charge in [-0.25, -0.2) is 0 Å². The number of nitrogens with one attached hydrogen (secondary N) is 1. The van der Waals surface area contributed by atoms with Gasteiger partial charge in [-0.15, -0.1) is 0 Å². The van der Waals surface area contributed by atoms with E-state index in [1.165, 1.54) is 11.3 Å². The van der Waals surface area contributed by atoms with Crippen molar-refractivity contribution in [2.45, 2.75) is 44.4 Å². The number of carbonyl (C=O) groups is 3. The van der Waals surface area contributed by atoms with Crippen molar-refractivity contribution in [1.82, 2.24) is 9.80 Å². The number of amides is 2. The molecule has 0 radical (unpaired) electrons. The highest BCUT2D eigenvalue weighted by Gasteiger charge is 2.37. The minimum absolute atomic E-state index is 0.0106. The maximum absolute atomic E-state index is 13.3. The van der Waals surface area contributed by atoms with E-state index in [1.54, 1.807) is 12.0 Å². The third-order valence-electron chi connectivity index (χ3n) is 6.69. The lowest BCUT2D eigenvalue weighted by Gasteiger charge is -2.35. The van der Waals surface area contributed by atoms with Gasteiger partial charge in [0, 0.05) is 37.9 Å². The Morgan fingerprint density at radius 2 is 1.90 bits per heavy atom. The Morgan fingerprint density at radius 3 is 2.57 bits per heavy atom. The van der Waals surface area contributed by atoms with Gasteiger partial charge >= 0.3 is 0 Å². The van der Waals surface area contributed by atoms with Crippen LogP contribution in [-0.4, -0.2) is 67.2 Å². The van der Waals surface area contributed by atoms with Gasteiger partial charge in [0.15, 0.2) is 0 Å². The van der Waals surface area contributed by atoms with E-state index in [-0.39, 0.29) is 12.5 Å². The number of ether oxygens (including phenoxy) is 1. The van der Waals surface area contributed by atoms with Crippen LogP contribution < -0.4 is 10.1 Å². The molecule has 2 aliphatic heterocycles. The van der Waals surface area contributed by atoms with Crippen LogP contribution in [0.5, 0.6) is 5.75 Å². The summed E-state index contributed by atoms with van der Waals surface area (Å²) in [6, 6.07) is 5.50. The molecule has 0 bridgehead atoms. The van der Waals surface area contributed by atoms with Crippen LogP contribution in [-0.2, 0) is 14.4 Å². The number of likely N-dealkylation sites (tertiary alicyclic amines) is 1. The normalized spacial score (nSPS) is 20.7. The molecular formula is C23H31N3O4. The average Bonchev–Trinajstić information content (AvgIpc) is 3.14. The molecule has 4 rings (SSSR count). The Balaban J connectivity index is 1.48. The summed E-state index contributed by atoms with van der Waals surface area (Å²) < 4.78 is 5.25. The molecule has 1 aromatic carbocycles. The molecule has 162 valence electrons. The summed E-state index contributed by atoms with van der Waals surface area (Å²) in [5, 5.41) is 3.21. The minimum Gasteiger partial charge on any atom is -0.497 e. The van der Waals surface area contributed by atoms with E-state index in [2.05, 4.69) is 5.32 Å². The summed E-state index contributed by atoms with van der Waals surface area (Å²) in [4.78, 5) is 42.3. The quantitative estimate of drug-likeness (QED) is 0.695. The number of ketones is 1. The van der Waals surface area contributed by atoms with E-state index >= 15 is 0 Å². The predicted molar refractivity (Wildman–Crippen MR) is 114 cm³/mol. The maximum Gasteiger partial charge on any atom is 0.291 e. The lowest BCUT2D eigenvalue weighted by Crippen LogP contribution is -2.51. The van der Waals surface area contributed by atoms with Gasteiger partial charge in [0.1, 0.15) is 12.3 Å². The Morgan fingerprint density at radius 1 is 1.13 bits per heavy atom. The lowest BCUT2D eigenvalue weighted by molar-refractivity contribution is -0.149. The second kappa shape index (κ2) is 9.06. The fourth-order valence-corrected chi connectivity index (χ4v) is 4.71. The average molecular weight is 414 g/mol. The van der Waals surface area contributed by atoms with Gasteiger partial charge in [-0.1, -0.05) is 25.3 Å². The molecule has 0 aromatic heterocycles. The molecular weight excluding hydrogens is 382 g/mol. The number of carbonyl (C=O) groups excluding carboxylic acids is 3. The first-order valence-corrected chi connectivity index (χ1v) is 11.1. The van der Waals surface area contributed by atoms with E-state index in [0.717, 1.165) is 56.4 Å². The van der Waals surface area contributed by atoms with E-state index in [4.69, 9.17) is 4.74 Å². The fourth-order valence-electron chi connectivity index (χ4n) is 4.71. The second-order valence-corrected chi connectivity index (χ2v) is 8.67. The monoisotopic (exact) mass is 413 g/mol. The van der Waals surface area contributed by atoms with Crippen molar-refractivity contribution < 1.29 is 19.1 Å². The molecule has 1 aromatic rings. The van der Waals surface area contributed by atoms with Crippen molar-refractivity contribution in [3.63, 3.8) is 0 Å². The second-order valence-electron chi connectivity index (χ2n) is 8.67. The third-order valence-corrected chi connectivity index (χ3v) is 6.69. The SMILES string of the molecule is COc1ccc2c(c1)NCC2C(=O)C(=O)N(CC(=O)N1CCC1)CC1CCCCC1. The van der Waals surface area contributed by atoms with Crippen molar-refractivity contribution in [2.75, 3.05) is 45.2 Å². The van der Waals surface area contributed by atoms with Crippen LogP contribution >= 0.6 is 0 Å². The number of hydrogen-bond acceptors (Lipinski definition) is 5. The summed E-state index contributed by atoms with van der Waals surface area (Å²) in [5.41, 5.74) is 1.65.